The second kappa shape index (κ2) is 7.79. The third-order valence-electron chi connectivity index (χ3n) is 4.55. The molecule has 1 amide bonds. The van der Waals surface area contributed by atoms with Crippen LogP contribution in [0, 0.1) is 6.92 Å². The van der Waals surface area contributed by atoms with Crippen molar-refractivity contribution in [2.75, 3.05) is 26.9 Å². The van der Waals surface area contributed by atoms with Gasteiger partial charge < -0.3 is 18.9 Å². The van der Waals surface area contributed by atoms with Gasteiger partial charge in [-0.3, -0.25) is 9.48 Å². The van der Waals surface area contributed by atoms with Crippen molar-refractivity contribution in [1.29, 1.82) is 0 Å². The summed E-state index contributed by atoms with van der Waals surface area (Å²) in [6.45, 7) is 3.44. The standard InChI is InChI=1S/C17H24N4O4/c1-12-14(10-19-25-12)17(22)21-5-4-16(24-7-6-23-3)15(21)8-13-9-18-20(2)11-13/h9-11,15-16H,4-8H2,1-3H3/t15-,16-/m1/s1. The SMILES string of the molecule is COCCO[C@@H]1CCN(C(=O)c2cnoc2C)[C@@H]1Cc1cnn(C)c1. The molecule has 8 heteroatoms. The molecule has 8 nitrogen and oxygen atoms in total. The lowest BCUT2D eigenvalue weighted by atomic mass is 10.0. The first-order chi connectivity index (χ1) is 12.1. The van der Waals surface area contributed by atoms with Crippen LogP contribution < -0.4 is 0 Å². The smallest absolute Gasteiger partial charge is 0.259 e. The molecule has 0 aromatic carbocycles. The number of hydrogen-bond donors (Lipinski definition) is 0. The number of likely N-dealkylation sites (tertiary alicyclic amines) is 1. The number of amides is 1. The van der Waals surface area contributed by atoms with Gasteiger partial charge in [0.2, 0.25) is 0 Å². The van der Waals surface area contributed by atoms with Gasteiger partial charge in [-0.15, -0.1) is 0 Å². The van der Waals surface area contributed by atoms with Crippen molar-refractivity contribution in [1.82, 2.24) is 19.8 Å². The quantitative estimate of drug-likeness (QED) is 0.700. The Hall–Kier alpha value is -2.19. The lowest BCUT2D eigenvalue weighted by Crippen LogP contribution is -2.42. The largest absolute Gasteiger partial charge is 0.382 e. The van der Waals surface area contributed by atoms with Crippen molar-refractivity contribution in [2.45, 2.75) is 31.9 Å². The molecule has 2 atom stereocenters. The number of methoxy groups -OCH3 is 1. The molecule has 0 spiro atoms. The predicted molar refractivity (Wildman–Crippen MR) is 89.2 cm³/mol. The molecule has 0 N–H and O–H groups in total. The van der Waals surface area contributed by atoms with E-state index < -0.39 is 0 Å². The zero-order valence-corrected chi connectivity index (χ0v) is 14.8. The summed E-state index contributed by atoms with van der Waals surface area (Å²) in [5.74, 6) is 0.472. The molecule has 1 aliphatic heterocycles. The average molecular weight is 348 g/mol. The Morgan fingerprint density at radius 1 is 1.40 bits per heavy atom. The normalized spacial score (nSPS) is 20.4. The Kier molecular flexibility index (Phi) is 5.50. The average Bonchev–Trinajstić information content (AvgIpc) is 3.29. The minimum atomic E-state index is -0.0644. The molecule has 1 fully saturated rings. The summed E-state index contributed by atoms with van der Waals surface area (Å²) < 4.78 is 17.9. The lowest BCUT2D eigenvalue weighted by Gasteiger charge is -2.28. The molecule has 0 bridgehead atoms. The fraction of sp³-hybridized carbons (Fsp3) is 0.588. The van der Waals surface area contributed by atoms with Gasteiger partial charge in [-0.25, -0.2) is 0 Å². The summed E-state index contributed by atoms with van der Waals surface area (Å²) in [7, 11) is 3.53. The van der Waals surface area contributed by atoms with E-state index >= 15 is 0 Å². The highest BCUT2D eigenvalue weighted by Crippen LogP contribution is 2.27. The monoisotopic (exact) mass is 348 g/mol. The molecule has 2 aromatic rings. The van der Waals surface area contributed by atoms with Crippen LogP contribution in [0.25, 0.3) is 0 Å². The minimum absolute atomic E-state index is 0.0283. The van der Waals surface area contributed by atoms with Gasteiger partial charge in [0.05, 0.1) is 37.8 Å². The summed E-state index contributed by atoms with van der Waals surface area (Å²) in [5, 5.41) is 7.94. The Labute approximate surface area is 146 Å². The molecule has 1 aliphatic rings. The fourth-order valence-electron chi connectivity index (χ4n) is 3.27. The van der Waals surface area contributed by atoms with Gasteiger partial charge in [0.25, 0.3) is 5.91 Å². The lowest BCUT2D eigenvalue weighted by molar-refractivity contribution is 0.000470. The maximum absolute atomic E-state index is 12.9. The molecule has 25 heavy (non-hydrogen) atoms. The zero-order chi connectivity index (χ0) is 17.8. The highest BCUT2D eigenvalue weighted by Gasteiger charge is 2.39. The van der Waals surface area contributed by atoms with Crippen LogP contribution in [0.5, 0.6) is 0 Å². The van der Waals surface area contributed by atoms with Crippen molar-refractivity contribution in [3.8, 4) is 0 Å². The summed E-state index contributed by atoms with van der Waals surface area (Å²) in [4.78, 5) is 14.8. The highest BCUT2D eigenvalue weighted by molar-refractivity contribution is 5.95. The van der Waals surface area contributed by atoms with Gasteiger partial charge in [0.15, 0.2) is 0 Å². The molecule has 0 saturated carbocycles. The first-order valence-corrected chi connectivity index (χ1v) is 8.40. The van der Waals surface area contributed by atoms with E-state index in [9.17, 15) is 4.79 Å². The molecule has 136 valence electrons. The second-order valence-electron chi connectivity index (χ2n) is 6.28. The summed E-state index contributed by atoms with van der Waals surface area (Å²) in [5.41, 5.74) is 1.59. The number of carbonyl (C=O) groups is 1. The molecule has 1 saturated heterocycles. The van der Waals surface area contributed by atoms with Crippen LogP contribution in [-0.4, -0.2) is 64.8 Å². The van der Waals surface area contributed by atoms with Gasteiger partial charge >= 0.3 is 0 Å². The first kappa shape index (κ1) is 17.6. The minimum Gasteiger partial charge on any atom is -0.382 e. The van der Waals surface area contributed by atoms with Crippen LogP contribution in [0.4, 0.5) is 0 Å². The van der Waals surface area contributed by atoms with Gasteiger partial charge in [0, 0.05) is 26.9 Å². The van der Waals surface area contributed by atoms with Gasteiger partial charge in [0.1, 0.15) is 11.3 Å². The molecule has 3 heterocycles. The van der Waals surface area contributed by atoms with Crippen LogP contribution in [0.15, 0.2) is 23.1 Å². The first-order valence-electron chi connectivity index (χ1n) is 8.40. The number of aryl methyl sites for hydroxylation is 2. The van der Waals surface area contributed by atoms with E-state index in [0.29, 0.717) is 37.5 Å². The second-order valence-corrected chi connectivity index (χ2v) is 6.28. The molecule has 2 aromatic heterocycles. The van der Waals surface area contributed by atoms with E-state index in [4.69, 9.17) is 14.0 Å². The van der Waals surface area contributed by atoms with E-state index in [2.05, 4.69) is 10.3 Å². The predicted octanol–water partition coefficient (Wildman–Crippen LogP) is 1.21. The van der Waals surface area contributed by atoms with Crippen LogP contribution in [0.2, 0.25) is 0 Å². The summed E-state index contributed by atoms with van der Waals surface area (Å²) in [6, 6.07) is -0.0529. The number of aromatic nitrogens is 3. The van der Waals surface area contributed by atoms with Crippen LogP contribution in [0.1, 0.15) is 28.1 Å². The maximum atomic E-state index is 12.9. The third kappa shape index (κ3) is 3.91. The summed E-state index contributed by atoms with van der Waals surface area (Å²) in [6.07, 6.45) is 6.75. The topological polar surface area (TPSA) is 82.6 Å². The molecule has 3 rings (SSSR count). The molecule has 0 unspecified atom stereocenters. The van der Waals surface area contributed by atoms with Gasteiger partial charge in [-0.2, -0.15) is 5.10 Å². The van der Waals surface area contributed by atoms with Crippen molar-refractivity contribution in [2.24, 2.45) is 7.05 Å². The third-order valence-corrected chi connectivity index (χ3v) is 4.55. The Morgan fingerprint density at radius 2 is 2.24 bits per heavy atom. The van der Waals surface area contributed by atoms with Gasteiger partial charge in [-0.05, 0) is 25.3 Å². The Bertz CT molecular complexity index is 711. The molecule has 0 radical (unpaired) electrons. The van der Waals surface area contributed by atoms with Crippen molar-refractivity contribution in [3.05, 3.63) is 35.5 Å². The van der Waals surface area contributed by atoms with Crippen molar-refractivity contribution >= 4 is 5.91 Å². The van der Waals surface area contributed by atoms with E-state index in [-0.39, 0.29) is 18.1 Å². The Morgan fingerprint density at radius 3 is 2.88 bits per heavy atom. The molecule has 0 aliphatic carbocycles. The zero-order valence-electron chi connectivity index (χ0n) is 14.8. The number of ether oxygens (including phenoxy) is 2. The molecular formula is C17H24N4O4. The van der Waals surface area contributed by atoms with Crippen molar-refractivity contribution in [3.63, 3.8) is 0 Å². The number of nitrogens with zero attached hydrogens (tertiary/aromatic N) is 4. The van der Waals surface area contributed by atoms with Crippen molar-refractivity contribution < 1.29 is 18.8 Å². The fourth-order valence-corrected chi connectivity index (χ4v) is 3.27. The molecular weight excluding hydrogens is 324 g/mol. The number of hydrogen-bond acceptors (Lipinski definition) is 6. The Balaban J connectivity index is 1.77. The van der Waals surface area contributed by atoms with Gasteiger partial charge in [-0.1, -0.05) is 5.16 Å². The maximum Gasteiger partial charge on any atom is 0.259 e. The van der Waals surface area contributed by atoms with E-state index in [1.54, 1.807) is 18.7 Å². The van der Waals surface area contributed by atoms with Crippen LogP contribution in [-0.2, 0) is 22.9 Å². The number of carbonyl (C=O) groups excluding carboxylic acids is 1. The van der Waals surface area contributed by atoms with E-state index in [1.807, 2.05) is 24.3 Å². The van der Waals surface area contributed by atoms with E-state index in [1.165, 1.54) is 6.20 Å². The van der Waals surface area contributed by atoms with Crippen LogP contribution in [0.3, 0.4) is 0 Å². The van der Waals surface area contributed by atoms with Crippen LogP contribution >= 0.6 is 0 Å². The summed E-state index contributed by atoms with van der Waals surface area (Å²) >= 11 is 0. The number of rotatable bonds is 7. The van der Waals surface area contributed by atoms with E-state index in [0.717, 1.165) is 12.0 Å². The highest BCUT2D eigenvalue weighted by atomic mass is 16.5.